The van der Waals surface area contributed by atoms with E-state index in [0.717, 1.165) is 32.1 Å². The summed E-state index contributed by atoms with van der Waals surface area (Å²) in [6.45, 7) is 0. The molecular formula is C14H19N3O3. The van der Waals surface area contributed by atoms with Crippen LogP contribution in [0.5, 0.6) is 0 Å². The lowest BCUT2D eigenvalue weighted by molar-refractivity contribution is -0.153. The van der Waals surface area contributed by atoms with Crippen LogP contribution in [0.1, 0.15) is 38.5 Å². The zero-order valence-electron chi connectivity index (χ0n) is 11.6. The number of anilines is 1. The van der Waals surface area contributed by atoms with E-state index in [0.29, 0.717) is 5.69 Å². The van der Waals surface area contributed by atoms with E-state index in [1.165, 1.54) is 0 Å². The van der Waals surface area contributed by atoms with Gasteiger partial charge in [0.2, 0.25) is 5.91 Å². The van der Waals surface area contributed by atoms with Crippen LogP contribution in [0.25, 0.3) is 0 Å². The molecule has 2 heterocycles. The summed E-state index contributed by atoms with van der Waals surface area (Å²) in [5.74, 6) is -0.764. The van der Waals surface area contributed by atoms with E-state index >= 15 is 0 Å². The van der Waals surface area contributed by atoms with Gasteiger partial charge in [-0.15, -0.1) is 0 Å². The molecule has 1 N–H and O–H groups in total. The van der Waals surface area contributed by atoms with Crippen molar-refractivity contribution in [3.63, 3.8) is 0 Å². The SMILES string of the molecule is Cn1cc(NC(=O)C2CC(=O)OC23CCCCC3)cn1. The highest BCUT2D eigenvalue weighted by atomic mass is 16.6. The van der Waals surface area contributed by atoms with Crippen molar-refractivity contribution in [1.29, 1.82) is 0 Å². The third-order valence-corrected chi connectivity index (χ3v) is 4.31. The van der Waals surface area contributed by atoms with Crippen LogP contribution < -0.4 is 5.32 Å². The molecule has 1 aromatic heterocycles. The van der Waals surface area contributed by atoms with Crippen molar-refractivity contribution in [2.24, 2.45) is 13.0 Å². The lowest BCUT2D eigenvalue weighted by atomic mass is 9.75. The Bertz CT molecular complexity index is 532. The van der Waals surface area contributed by atoms with Crippen molar-refractivity contribution in [2.75, 3.05) is 5.32 Å². The van der Waals surface area contributed by atoms with E-state index in [1.807, 2.05) is 0 Å². The van der Waals surface area contributed by atoms with Gasteiger partial charge in [-0.3, -0.25) is 14.3 Å². The Hall–Kier alpha value is -1.85. The first-order valence-electron chi connectivity index (χ1n) is 7.10. The first-order chi connectivity index (χ1) is 9.59. The second-order valence-electron chi connectivity index (χ2n) is 5.75. The first-order valence-corrected chi connectivity index (χ1v) is 7.10. The number of esters is 1. The number of amides is 1. The van der Waals surface area contributed by atoms with Gasteiger partial charge < -0.3 is 10.1 Å². The summed E-state index contributed by atoms with van der Waals surface area (Å²) < 4.78 is 7.17. The zero-order valence-corrected chi connectivity index (χ0v) is 11.6. The van der Waals surface area contributed by atoms with Gasteiger partial charge in [0.15, 0.2) is 0 Å². The van der Waals surface area contributed by atoms with E-state index in [4.69, 9.17) is 4.74 Å². The number of ether oxygens (including phenoxy) is 1. The molecule has 0 bridgehead atoms. The number of aromatic nitrogens is 2. The van der Waals surface area contributed by atoms with Gasteiger partial charge in [-0.2, -0.15) is 5.10 Å². The maximum atomic E-state index is 12.5. The summed E-state index contributed by atoms with van der Waals surface area (Å²) in [7, 11) is 1.79. The molecule has 1 spiro atoms. The van der Waals surface area contributed by atoms with Gasteiger partial charge >= 0.3 is 5.97 Å². The van der Waals surface area contributed by atoms with Gasteiger partial charge in [0.1, 0.15) is 5.60 Å². The molecule has 6 heteroatoms. The smallest absolute Gasteiger partial charge is 0.307 e. The fourth-order valence-electron chi connectivity index (χ4n) is 3.34. The number of rotatable bonds is 2. The number of nitrogens with zero attached hydrogens (tertiary/aromatic N) is 2. The van der Waals surface area contributed by atoms with Gasteiger partial charge in [-0.25, -0.2) is 0 Å². The second kappa shape index (κ2) is 4.92. The van der Waals surface area contributed by atoms with Crippen LogP contribution in [0, 0.1) is 5.92 Å². The van der Waals surface area contributed by atoms with Crippen LogP contribution in [-0.2, 0) is 21.4 Å². The van der Waals surface area contributed by atoms with E-state index in [2.05, 4.69) is 10.4 Å². The van der Waals surface area contributed by atoms with Crippen molar-refractivity contribution >= 4 is 17.6 Å². The maximum Gasteiger partial charge on any atom is 0.307 e. The molecule has 1 saturated carbocycles. The third-order valence-electron chi connectivity index (χ3n) is 4.31. The standard InChI is InChI=1S/C14H19N3O3/c1-17-9-10(8-15-17)16-13(19)11-7-12(18)20-14(11)5-3-2-4-6-14/h8-9,11H,2-7H2,1H3,(H,16,19). The molecule has 1 aliphatic carbocycles. The molecule has 1 aromatic rings. The molecule has 3 rings (SSSR count). The van der Waals surface area contributed by atoms with Crippen LogP contribution in [0.2, 0.25) is 0 Å². The van der Waals surface area contributed by atoms with Gasteiger partial charge in [0.05, 0.1) is 24.2 Å². The van der Waals surface area contributed by atoms with E-state index in [9.17, 15) is 9.59 Å². The normalized spacial score (nSPS) is 24.6. The van der Waals surface area contributed by atoms with E-state index in [1.54, 1.807) is 24.1 Å². The van der Waals surface area contributed by atoms with Gasteiger partial charge in [-0.1, -0.05) is 6.42 Å². The highest BCUT2D eigenvalue weighted by Gasteiger charge is 2.52. The number of carbonyl (C=O) groups is 2. The fourth-order valence-corrected chi connectivity index (χ4v) is 3.34. The lowest BCUT2D eigenvalue weighted by Gasteiger charge is -2.35. The average molecular weight is 277 g/mol. The third kappa shape index (κ3) is 2.30. The number of aryl methyl sites for hydroxylation is 1. The number of nitrogens with one attached hydrogen (secondary N) is 1. The quantitative estimate of drug-likeness (QED) is 0.834. The molecule has 1 atom stereocenters. The van der Waals surface area contributed by atoms with Crippen molar-refractivity contribution < 1.29 is 14.3 Å². The Balaban J connectivity index is 1.76. The molecule has 6 nitrogen and oxygen atoms in total. The lowest BCUT2D eigenvalue weighted by Crippen LogP contribution is -2.43. The van der Waals surface area contributed by atoms with E-state index in [-0.39, 0.29) is 24.2 Å². The van der Waals surface area contributed by atoms with Crippen LogP contribution in [0.15, 0.2) is 12.4 Å². The summed E-state index contributed by atoms with van der Waals surface area (Å²) in [5.41, 5.74) is 0.0875. The van der Waals surface area contributed by atoms with Crippen molar-refractivity contribution in [3.8, 4) is 0 Å². The van der Waals surface area contributed by atoms with Gasteiger partial charge in [0.25, 0.3) is 0 Å². The zero-order chi connectivity index (χ0) is 14.2. The molecule has 0 radical (unpaired) electrons. The molecule has 1 amide bonds. The molecule has 108 valence electrons. The Morgan fingerprint density at radius 3 is 2.85 bits per heavy atom. The monoisotopic (exact) mass is 277 g/mol. The number of hydrogen-bond acceptors (Lipinski definition) is 4. The van der Waals surface area contributed by atoms with Crippen LogP contribution >= 0.6 is 0 Å². The summed E-state index contributed by atoms with van der Waals surface area (Å²) in [5, 5.41) is 6.86. The highest BCUT2D eigenvalue weighted by Crippen LogP contribution is 2.44. The molecular weight excluding hydrogens is 258 g/mol. The van der Waals surface area contributed by atoms with Crippen LogP contribution in [-0.4, -0.2) is 27.3 Å². The van der Waals surface area contributed by atoms with Crippen LogP contribution in [0.3, 0.4) is 0 Å². The van der Waals surface area contributed by atoms with Crippen molar-refractivity contribution in [1.82, 2.24) is 9.78 Å². The molecule has 2 aliphatic rings. The number of hydrogen-bond donors (Lipinski definition) is 1. The molecule has 1 aliphatic heterocycles. The minimum atomic E-state index is -0.568. The predicted molar refractivity (Wildman–Crippen MR) is 71.9 cm³/mol. The Morgan fingerprint density at radius 1 is 1.45 bits per heavy atom. The van der Waals surface area contributed by atoms with Gasteiger partial charge in [-0.05, 0) is 25.7 Å². The average Bonchev–Trinajstić information content (AvgIpc) is 2.95. The topological polar surface area (TPSA) is 73.2 Å². The van der Waals surface area contributed by atoms with E-state index < -0.39 is 5.60 Å². The second-order valence-corrected chi connectivity index (χ2v) is 5.75. The number of carbonyl (C=O) groups excluding carboxylic acids is 2. The Labute approximate surface area is 117 Å². The molecule has 1 unspecified atom stereocenters. The Morgan fingerprint density at radius 2 is 2.20 bits per heavy atom. The largest absolute Gasteiger partial charge is 0.458 e. The van der Waals surface area contributed by atoms with Crippen molar-refractivity contribution in [2.45, 2.75) is 44.1 Å². The summed E-state index contributed by atoms with van der Waals surface area (Å²) in [6, 6.07) is 0. The highest BCUT2D eigenvalue weighted by molar-refractivity contribution is 5.96. The van der Waals surface area contributed by atoms with Crippen LogP contribution in [0.4, 0.5) is 5.69 Å². The first kappa shape index (κ1) is 13.1. The summed E-state index contributed by atoms with van der Waals surface area (Å²) in [6.07, 6.45) is 8.30. The maximum absolute atomic E-state index is 12.5. The summed E-state index contributed by atoms with van der Waals surface area (Å²) in [4.78, 5) is 24.1. The van der Waals surface area contributed by atoms with Crippen molar-refractivity contribution in [3.05, 3.63) is 12.4 Å². The molecule has 0 aromatic carbocycles. The summed E-state index contributed by atoms with van der Waals surface area (Å²) >= 11 is 0. The molecule has 1 saturated heterocycles. The minimum Gasteiger partial charge on any atom is -0.458 e. The minimum absolute atomic E-state index is 0.134. The predicted octanol–water partition coefficient (Wildman–Crippen LogP) is 1.62. The Kier molecular flexibility index (Phi) is 3.23. The fraction of sp³-hybridized carbons (Fsp3) is 0.643. The molecule has 2 fully saturated rings. The van der Waals surface area contributed by atoms with Gasteiger partial charge in [0, 0.05) is 13.2 Å². The molecule has 20 heavy (non-hydrogen) atoms.